The number of nitrogens with zero attached hydrogens (tertiary/aromatic N) is 5. The molecule has 1 aromatic carbocycles. The maximum atomic E-state index is 11.6. The highest BCUT2D eigenvalue weighted by Gasteiger charge is 2.23. The molecule has 1 aliphatic heterocycles. The van der Waals surface area contributed by atoms with Crippen LogP contribution in [0.3, 0.4) is 0 Å². The smallest absolute Gasteiger partial charge is 0.219 e. The quantitative estimate of drug-likeness (QED) is 0.375. The number of likely N-dealkylation sites (tertiary alicyclic amines) is 1. The molecule has 0 unspecified atom stereocenters. The lowest BCUT2D eigenvalue weighted by Gasteiger charge is -2.31. The van der Waals surface area contributed by atoms with Crippen LogP contribution >= 0.6 is 11.3 Å². The Labute approximate surface area is 205 Å². The van der Waals surface area contributed by atoms with Gasteiger partial charge < -0.3 is 20.4 Å². The first-order chi connectivity index (χ1) is 17.0. The van der Waals surface area contributed by atoms with Crippen LogP contribution in [0.15, 0.2) is 47.3 Å². The van der Waals surface area contributed by atoms with Crippen molar-refractivity contribution in [3.8, 4) is 22.5 Å². The number of nitrogens with one attached hydrogen (secondary N) is 1. The number of nitrogens with two attached hydrogens (primary N) is 1. The molecule has 35 heavy (non-hydrogen) atoms. The summed E-state index contributed by atoms with van der Waals surface area (Å²) in [4.78, 5) is 22.6. The lowest BCUT2D eigenvalue weighted by Crippen LogP contribution is -2.37. The topological polar surface area (TPSA) is 115 Å². The van der Waals surface area contributed by atoms with E-state index in [9.17, 15) is 4.79 Å². The molecule has 0 atom stereocenters. The van der Waals surface area contributed by atoms with Crippen LogP contribution in [0.25, 0.3) is 43.6 Å². The van der Waals surface area contributed by atoms with Gasteiger partial charge in [0, 0.05) is 61.5 Å². The maximum absolute atomic E-state index is 11.6. The molecule has 3 N–H and O–H groups in total. The van der Waals surface area contributed by atoms with E-state index in [1.807, 2.05) is 47.1 Å². The number of hydrogen-bond acceptors (Lipinski definition) is 8. The van der Waals surface area contributed by atoms with Crippen molar-refractivity contribution < 1.29 is 9.21 Å². The van der Waals surface area contributed by atoms with Gasteiger partial charge in [-0.3, -0.25) is 9.48 Å². The van der Waals surface area contributed by atoms with Gasteiger partial charge in [-0.1, -0.05) is 17.4 Å². The van der Waals surface area contributed by atoms with Crippen LogP contribution < -0.4 is 11.1 Å². The molecule has 9 nitrogen and oxygen atoms in total. The standard InChI is InChI=1S/C25H25N7O2S/c1-14(33)31-8-6-16(7-9-31)32-13-15(11-29-32)19-12-28-24(26)22-18(19)10-21(34-22)17-4-3-5-20-23(17)35-25(27-2)30-20/h3-5,10-13,16H,6-9H2,1-2H3,(H2,26,28)(H,27,30). The van der Waals surface area contributed by atoms with Crippen LogP contribution in [0.2, 0.25) is 0 Å². The predicted octanol–water partition coefficient (Wildman–Crippen LogP) is 4.78. The van der Waals surface area contributed by atoms with E-state index in [0.29, 0.717) is 11.4 Å². The lowest BCUT2D eigenvalue weighted by atomic mass is 10.0. The zero-order valence-corrected chi connectivity index (χ0v) is 20.3. The zero-order chi connectivity index (χ0) is 24.1. The van der Waals surface area contributed by atoms with Crippen molar-refractivity contribution in [1.29, 1.82) is 0 Å². The molecule has 1 fully saturated rings. The monoisotopic (exact) mass is 487 g/mol. The second-order valence-electron chi connectivity index (χ2n) is 8.78. The van der Waals surface area contributed by atoms with Crippen LogP contribution in [-0.4, -0.2) is 50.7 Å². The molecule has 0 spiro atoms. The number of anilines is 2. The largest absolute Gasteiger partial charge is 0.452 e. The van der Waals surface area contributed by atoms with Crippen LogP contribution in [0, 0.1) is 0 Å². The fraction of sp³-hybridized carbons (Fsp3) is 0.280. The maximum Gasteiger partial charge on any atom is 0.219 e. The van der Waals surface area contributed by atoms with Crippen molar-refractivity contribution in [2.45, 2.75) is 25.8 Å². The number of amides is 1. The van der Waals surface area contributed by atoms with Crippen LogP contribution in [0.5, 0.6) is 0 Å². The molecule has 0 saturated carbocycles. The Bertz CT molecular complexity index is 1560. The summed E-state index contributed by atoms with van der Waals surface area (Å²) in [5, 5.41) is 9.51. The van der Waals surface area contributed by atoms with E-state index in [4.69, 9.17) is 10.2 Å². The van der Waals surface area contributed by atoms with Crippen molar-refractivity contribution in [2.75, 3.05) is 31.2 Å². The molecular formula is C25H25N7O2S. The molecule has 178 valence electrons. The number of hydrogen-bond donors (Lipinski definition) is 2. The molecule has 1 aliphatic rings. The molecule has 1 amide bonds. The average Bonchev–Trinajstić information content (AvgIpc) is 3.62. The summed E-state index contributed by atoms with van der Waals surface area (Å²) < 4.78 is 9.32. The minimum atomic E-state index is 0.131. The van der Waals surface area contributed by atoms with Crippen molar-refractivity contribution in [2.24, 2.45) is 0 Å². The van der Waals surface area contributed by atoms with E-state index in [0.717, 1.165) is 69.1 Å². The van der Waals surface area contributed by atoms with Crippen molar-refractivity contribution in [3.63, 3.8) is 0 Å². The third-order valence-corrected chi connectivity index (χ3v) is 7.80. The molecule has 4 aromatic heterocycles. The summed E-state index contributed by atoms with van der Waals surface area (Å²) in [6.07, 6.45) is 7.47. The number of benzene rings is 1. The number of thiazole rings is 1. The first-order valence-electron chi connectivity index (χ1n) is 11.6. The van der Waals surface area contributed by atoms with Gasteiger partial charge >= 0.3 is 0 Å². The van der Waals surface area contributed by atoms with Gasteiger partial charge in [-0.2, -0.15) is 5.10 Å². The molecule has 5 aromatic rings. The Balaban J connectivity index is 1.38. The number of pyridine rings is 1. The summed E-state index contributed by atoms with van der Waals surface area (Å²) >= 11 is 1.59. The number of carbonyl (C=O) groups is 1. The van der Waals surface area contributed by atoms with Gasteiger partial charge in [0.05, 0.1) is 22.5 Å². The third-order valence-electron chi connectivity index (χ3n) is 6.68. The van der Waals surface area contributed by atoms with Crippen molar-refractivity contribution >= 4 is 49.4 Å². The van der Waals surface area contributed by atoms with Crippen LogP contribution in [0.1, 0.15) is 25.8 Å². The molecule has 0 radical (unpaired) electrons. The molecule has 6 rings (SSSR count). The number of fused-ring (bicyclic) bond motifs is 2. The number of rotatable bonds is 4. The highest BCUT2D eigenvalue weighted by molar-refractivity contribution is 7.22. The first kappa shape index (κ1) is 21.6. The Morgan fingerprint density at radius 3 is 2.83 bits per heavy atom. The Morgan fingerprint density at radius 1 is 1.23 bits per heavy atom. The molecule has 0 bridgehead atoms. The number of furan rings is 1. The van der Waals surface area contributed by atoms with Gasteiger partial charge in [0.15, 0.2) is 16.5 Å². The predicted molar refractivity (Wildman–Crippen MR) is 138 cm³/mol. The van der Waals surface area contributed by atoms with Crippen molar-refractivity contribution in [3.05, 3.63) is 42.9 Å². The second kappa shape index (κ2) is 8.38. The molecule has 1 saturated heterocycles. The van der Waals surface area contributed by atoms with E-state index < -0.39 is 0 Å². The molecule has 5 heterocycles. The third kappa shape index (κ3) is 3.70. The Hall–Kier alpha value is -3.92. The number of piperidine rings is 1. The minimum absolute atomic E-state index is 0.131. The molecular weight excluding hydrogens is 462 g/mol. The van der Waals surface area contributed by atoms with E-state index in [-0.39, 0.29) is 11.9 Å². The van der Waals surface area contributed by atoms with Gasteiger partial charge in [-0.05, 0) is 31.0 Å². The van der Waals surface area contributed by atoms with Gasteiger partial charge in [0.2, 0.25) is 5.91 Å². The van der Waals surface area contributed by atoms with E-state index in [1.54, 1.807) is 24.5 Å². The normalized spacial score (nSPS) is 14.7. The summed E-state index contributed by atoms with van der Waals surface area (Å²) in [6, 6.07) is 8.30. The first-order valence-corrected chi connectivity index (χ1v) is 12.4. The van der Waals surface area contributed by atoms with Crippen LogP contribution in [0.4, 0.5) is 10.9 Å². The van der Waals surface area contributed by atoms with E-state index in [2.05, 4.69) is 26.6 Å². The summed E-state index contributed by atoms with van der Waals surface area (Å²) in [5.41, 5.74) is 10.5. The average molecular weight is 488 g/mol. The van der Waals surface area contributed by atoms with Crippen LogP contribution in [-0.2, 0) is 4.79 Å². The SMILES string of the molecule is CNc1nc2cccc(-c3cc4c(-c5cnn(C6CCN(C(C)=O)CC6)c5)cnc(N)c4o3)c2s1. The van der Waals surface area contributed by atoms with Crippen molar-refractivity contribution in [1.82, 2.24) is 24.6 Å². The Kier molecular flexibility index (Phi) is 5.18. The van der Waals surface area contributed by atoms with Gasteiger partial charge in [-0.25, -0.2) is 9.97 Å². The van der Waals surface area contributed by atoms with Gasteiger partial charge in [0.25, 0.3) is 0 Å². The summed E-state index contributed by atoms with van der Waals surface area (Å²) in [5.74, 6) is 1.21. The number of aromatic nitrogens is 4. The zero-order valence-electron chi connectivity index (χ0n) is 19.5. The molecule has 0 aliphatic carbocycles. The molecule has 10 heteroatoms. The summed E-state index contributed by atoms with van der Waals surface area (Å²) in [7, 11) is 1.87. The number of nitrogen functional groups attached to an aromatic ring is 1. The fourth-order valence-electron chi connectivity index (χ4n) is 4.78. The minimum Gasteiger partial charge on any atom is -0.452 e. The van der Waals surface area contributed by atoms with Gasteiger partial charge in [0.1, 0.15) is 5.76 Å². The highest BCUT2D eigenvalue weighted by atomic mass is 32.1. The van der Waals surface area contributed by atoms with E-state index >= 15 is 0 Å². The fourth-order valence-corrected chi connectivity index (χ4v) is 5.71. The highest BCUT2D eigenvalue weighted by Crippen LogP contribution is 2.40. The van der Waals surface area contributed by atoms with E-state index in [1.165, 1.54) is 0 Å². The summed E-state index contributed by atoms with van der Waals surface area (Å²) in [6.45, 7) is 3.14. The Morgan fingerprint density at radius 2 is 2.06 bits per heavy atom. The number of carbonyl (C=O) groups excluding carboxylic acids is 1. The van der Waals surface area contributed by atoms with Gasteiger partial charge in [-0.15, -0.1) is 0 Å². The second-order valence-corrected chi connectivity index (χ2v) is 9.78. The lowest BCUT2D eigenvalue weighted by molar-refractivity contribution is -0.130.